The summed E-state index contributed by atoms with van der Waals surface area (Å²) in [4.78, 5) is 0. The maximum atomic E-state index is 5.79. The third kappa shape index (κ3) is 9.85. The average molecular weight is 446 g/mol. The zero-order valence-electron chi connectivity index (χ0n) is 15.9. The largest absolute Gasteiger partial charge is 1.00 e. The van der Waals surface area contributed by atoms with Crippen molar-refractivity contribution in [3.8, 4) is 0 Å². The highest BCUT2D eigenvalue weighted by atomic mass is 127. The molecule has 0 N–H and O–H groups in total. The lowest BCUT2D eigenvalue weighted by Gasteiger charge is -2.41. The molecule has 0 aliphatic carbocycles. The Morgan fingerprint density at radius 2 is 1.41 bits per heavy atom. The number of halogens is 1. The standard InChI is InChI=1S/C17H40NO2Si.HI/c1-7-14-18(6,15-8-2)17(9-3)13-12-16-21(19-10-4)20-11-5;/h17,21H,7-16H2,1-6H3;1H/q+1;/p-1. The number of hydrogen-bond donors (Lipinski definition) is 0. The van der Waals surface area contributed by atoms with E-state index in [-0.39, 0.29) is 24.0 Å². The van der Waals surface area contributed by atoms with Gasteiger partial charge in [0.05, 0.1) is 26.2 Å². The Bertz CT molecular complexity index is 233. The molecule has 136 valence electrons. The lowest BCUT2D eigenvalue weighted by Crippen LogP contribution is -3.00. The maximum Gasteiger partial charge on any atom is 0.321 e. The van der Waals surface area contributed by atoms with E-state index in [2.05, 4.69) is 41.7 Å². The van der Waals surface area contributed by atoms with Gasteiger partial charge in [0.15, 0.2) is 0 Å². The van der Waals surface area contributed by atoms with Gasteiger partial charge in [0.2, 0.25) is 0 Å². The van der Waals surface area contributed by atoms with Gasteiger partial charge in [0.1, 0.15) is 0 Å². The van der Waals surface area contributed by atoms with Crippen LogP contribution in [-0.4, -0.2) is 53.2 Å². The van der Waals surface area contributed by atoms with E-state index in [9.17, 15) is 0 Å². The number of quaternary nitrogens is 1. The third-order valence-corrected chi connectivity index (χ3v) is 6.79. The van der Waals surface area contributed by atoms with E-state index >= 15 is 0 Å². The van der Waals surface area contributed by atoms with Gasteiger partial charge in [-0.05, 0) is 52.0 Å². The molecule has 0 radical (unpaired) electrons. The molecule has 0 aliphatic heterocycles. The Labute approximate surface area is 158 Å². The molecule has 0 heterocycles. The summed E-state index contributed by atoms with van der Waals surface area (Å²) in [5.74, 6) is 0. The number of rotatable bonds is 14. The van der Waals surface area contributed by atoms with Gasteiger partial charge in [-0.15, -0.1) is 0 Å². The average Bonchev–Trinajstić information content (AvgIpc) is 2.44. The van der Waals surface area contributed by atoms with E-state index in [1.807, 2.05) is 0 Å². The quantitative estimate of drug-likeness (QED) is 0.227. The molecule has 0 aromatic rings. The fourth-order valence-corrected chi connectivity index (χ4v) is 5.30. The molecular weight excluding hydrogens is 405 g/mol. The van der Waals surface area contributed by atoms with Crippen LogP contribution < -0.4 is 24.0 Å². The molecule has 1 unspecified atom stereocenters. The van der Waals surface area contributed by atoms with Crippen LogP contribution in [0.1, 0.15) is 66.7 Å². The first-order chi connectivity index (χ1) is 10.1. The van der Waals surface area contributed by atoms with Crippen LogP contribution in [0.2, 0.25) is 6.04 Å². The van der Waals surface area contributed by atoms with Crippen LogP contribution in [0.15, 0.2) is 0 Å². The van der Waals surface area contributed by atoms with Crippen LogP contribution in [0.3, 0.4) is 0 Å². The first-order valence-corrected chi connectivity index (χ1v) is 10.9. The molecule has 0 amide bonds. The van der Waals surface area contributed by atoms with Crippen LogP contribution >= 0.6 is 0 Å². The lowest BCUT2D eigenvalue weighted by atomic mass is 10.0. The van der Waals surface area contributed by atoms with Crippen molar-refractivity contribution < 1.29 is 37.3 Å². The molecule has 5 heteroatoms. The van der Waals surface area contributed by atoms with Crippen molar-refractivity contribution in [3.63, 3.8) is 0 Å². The zero-order chi connectivity index (χ0) is 16.1. The summed E-state index contributed by atoms with van der Waals surface area (Å²) in [7, 11) is 1.06. The van der Waals surface area contributed by atoms with Crippen LogP contribution in [0.25, 0.3) is 0 Å². The second-order valence-electron chi connectivity index (χ2n) is 6.26. The monoisotopic (exact) mass is 445 g/mol. The van der Waals surface area contributed by atoms with Crippen molar-refractivity contribution in [1.82, 2.24) is 0 Å². The zero-order valence-corrected chi connectivity index (χ0v) is 19.2. The third-order valence-electron chi connectivity index (χ3n) is 4.50. The van der Waals surface area contributed by atoms with Crippen molar-refractivity contribution >= 4 is 9.28 Å². The Morgan fingerprint density at radius 1 is 0.909 bits per heavy atom. The Balaban J connectivity index is 0. The van der Waals surface area contributed by atoms with Crippen molar-refractivity contribution in [2.24, 2.45) is 0 Å². The van der Waals surface area contributed by atoms with Gasteiger partial charge in [-0.3, -0.25) is 0 Å². The molecule has 0 aromatic carbocycles. The molecule has 0 fully saturated rings. The highest BCUT2D eigenvalue weighted by molar-refractivity contribution is 6.44. The molecule has 0 rings (SSSR count). The van der Waals surface area contributed by atoms with Crippen molar-refractivity contribution in [2.75, 3.05) is 33.4 Å². The molecule has 0 spiro atoms. The Hall–Kier alpha value is 0.827. The smallest absolute Gasteiger partial charge is 0.321 e. The summed E-state index contributed by atoms with van der Waals surface area (Å²) in [6.07, 6.45) is 6.42. The molecule has 1 atom stereocenters. The fraction of sp³-hybridized carbons (Fsp3) is 1.00. The van der Waals surface area contributed by atoms with E-state index in [1.165, 1.54) is 49.7 Å². The van der Waals surface area contributed by atoms with Gasteiger partial charge in [0.25, 0.3) is 0 Å². The molecule has 22 heavy (non-hydrogen) atoms. The van der Waals surface area contributed by atoms with Gasteiger partial charge >= 0.3 is 9.28 Å². The minimum absolute atomic E-state index is 0. The van der Waals surface area contributed by atoms with E-state index in [0.717, 1.165) is 25.3 Å². The van der Waals surface area contributed by atoms with Crippen LogP contribution in [0.4, 0.5) is 0 Å². The summed E-state index contributed by atoms with van der Waals surface area (Å²) in [5, 5.41) is 0. The molecule has 0 bridgehead atoms. The van der Waals surface area contributed by atoms with Gasteiger partial charge < -0.3 is 37.3 Å². The predicted molar refractivity (Wildman–Crippen MR) is 95.0 cm³/mol. The maximum absolute atomic E-state index is 5.79. The number of nitrogens with zero attached hydrogens (tertiary/aromatic N) is 1. The summed E-state index contributed by atoms with van der Waals surface area (Å²) < 4.78 is 12.8. The second-order valence-corrected chi connectivity index (χ2v) is 8.36. The fourth-order valence-electron chi connectivity index (χ4n) is 3.56. The van der Waals surface area contributed by atoms with Crippen LogP contribution in [0, 0.1) is 0 Å². The number of hydrogen-bond acceptors (Lipinski definition) is 2. The summed E-state index contributed by atoms with van der Waals surface area (Å²) in [6, 6.07) is 1.96. The molecule has 0 saturated heterocycles. The van der Waals surface area contributed by atoms with Crippen LogP contribution in [0.5, 0.6) is 0 Å². The van der Waals surface area contributed by atoms with E-state index in [4.69, 9.17) is 8.85 Å². The summed E-state index contributed by atoms with van der Waals surface area (Å²) >= 11 is 0. The first kappa shape index (κ1) is 25.1. The van der Waals surface area contributed by atoms with Gasteiger partial charge in [-0.25, -0.2) is 0 Å². The van der Waals surface area contributed by atoms with E-state index in [1.54, 1.807) is 0 Å². The molecule has 0 aliphatic rings. The molecule has 0 saturated carbocycles. The topological polar surface area (TPSA) is 18.5 Å². The van der Waals surface area contributed by atoms with Gasteiger partial charge in [-0.1, -0.05) is 20.8 Å². The Morgan fingerprint density at radius 3 is 1.77 bits per heavy atom. The normalized spacial score (nSPS) is 13.2. The lowest BCUT2D eigenvalue weighted by molar-refractivity contribution is -0.934. The van der Waals surface area contributed by atoms with Gasteiger partial charge in [-0.2, -0.15) is 0 Å². The van der Waals surface area contributed by atoms with Crippen molar-refractivity contribution in [2.45, 2.75) is 78.8 Å². The first-order valence-electron chi connectivity index (χ1n) is 9.15. The minimum Gasteiger partial charge on any atom is -1.00 e. The van der Waals surface area contributed by atoms with Crippen molar-refractivity contribution in [1.29, 1.82) is 0 Å². The van der Waals surface area contributed by atoms with E-state index in [0.29, 0.717) is 0 Å². The Kier molecular flexibility index (Phi) is 17.5. The minimum atomic E-state index is -1.40. The molecule has 3 nitrogen and oxygen atoms in total. The molecule has 0 aromatic heterocycles. The summed E-state index contributed by atoms with van der Waals surface area (Å²) in [5.41, 5.74) is 0. The van der Waals surface area contributed by atoms with E-state index < -0.39 is 9.28 Å². The van der Waals surface area contributed by atoms with Crippen LogP contribution in [-0.2, 0) is 8.85 Å². The predicted octanol–water partition coefficient (Wildman–Crippen LogP) is 1.11. The van der Waals surface area contributed by atoms with Gasteiger partial charge in [0, 0.05) is 13.2 Å². The van der Waals surface area contributed by atoms with Crippen molar-refractivity contribution in [3.05, 3.63) is 0 Å². The SMILES string of the molecule is CCC[N+](C)(CCC)C(CC)CCC[SiH](OCC)OCC.[I-]. The molecular formula is C17H40INO2Si. The second kappa shape index (κ2) is 15.4. The highest BCUT2D eigenvalue weighted by Gasteiger charge is 2.29. The summed E-state index contributed by atoms with van der Waals surface area (Å²) in [6.45, 7) is 15.3. The highest BCUT2D eigenvalue weighted by Crippen LogP contribution is 2.22.